The number of piperazine rings is 1. The summed E-state index contributed by atoms with van der Waals surface area (Å²) in [6, 6.07) is -0.749. The summed E-state index contributed by atoms with van der Waals surface area (Å²) in [6.45, 7) is 3.69. The van der Waals surface area contributed by atoms with E-state index in [1.54, 1.807) is 11.8 Å². The van der Waals surface area contributed by atoms with Crippen molar-refractivity contribution in [2.45, 2.75) is 63.6 Å². The number of amides is 2. The Hall–Kier alpha value is -1.50. The van der Waals surface area contributed by atoms with Gasteiger partial charge in [0.25, 0.3) is 0 Å². The van der Waals surface area contributed by atoms with Gasteiger partial charge in [-0.1, -0.05) is 25.7 Å². The van der Waals surface area contributed by atoms with Gasteiger partial charge in [-0.2, -0.15) is 0 Å². The highest BCUT2D eigenvalue weighted by Gasteiger charge is 2.52. The second-order valence-electron chi connectivity index (χ2n) is 5.26. The van der Waals surface area contributed by atoms with Gasteiger partial charge in [-0.05, 0) is 26.2 Å². The summed E-state index contributed by atoms with van der Waals surface area (Å²) >= 11 is 0. The first-order valence-electron chi connectivity index (χ1n) is 6.66. The van der Waals surface area contributed by atoms with E-state index in [2.05, 4.69) is 11.2 Å². The molecule has 0 aromatic carbocycles. The third-order valence-electron chi connectivity index (χ3n) is 4.18. The molecular formula is C14H20N2O2. The van der Waals surface area contributed by atoms with Crippen LogP contribution in [0.5, 0.6) is 0 Å². The van der Waals surface area contributed by atoms with Gasteiger partial charge in [0.05, 0.1) is 6.04 Å². The van der Waals surface area contributed by atoms with E-state index >= 15 is 0 Å². The molecule has 1 spiro atoms. The molecule has 2 fully saturated rings. The number of rotatable bonds is 2. The van der Waals surface area contributed by atoms with E-state index in [1.165, 1.54) is 0 Å². The molecule has 18 heavy (non-hydrogen) atoms. The molecule has 2 rings (SSSR count). The van der Waals surface area contributed by atoms with Crippen LogP contribution < -0.4 is 5.32 Å². The average molecular weight is 248 g/mol. The molecule has 1 heterocycles. The molecule has 0 aromatic rings. The summed E-state index contributed by atoms with van der Waals surface area (Å²) in [7, 11) is 0. The SMILES string of the molecule is C#CC(CC)N1C(=O)C2(CCCC2)NC(=O)C1C. The molecule has 1 saturated heterocycles. The molecule has 4 nitrogen and oxygen atoms in total. The molecule has 0 aromatic heterocycles. The van der Waals surface area contributed by atoms with Crippen molar-refractivity contribution in [3.8, 4) is 12.3 Å². The Balaban J connectivity index is 2.34. The second kappa shape index (κ2) is 4.64. The highest BCUT2D eigenvalue weighted by atomic mass is 16.2. The number of hydrogen-bond acceptors (Lipinski definition) is 2. The van der Waals surface area contributed by atoms with E-state index in [0.29, 0.717) is 6.42 Å². The number of terminal acetylenes is 1. The minimum atomic E-state index is -0.673. The predicted octanol–water partition coefficient (Wildman–Crippen LogP) is 1.06. The molecule has 2 aliphatic rings. The fraction of sp³-hybridized carbons (Fsp3) is 0.714. The average Bonchev–Trinajstić information content (AvgIpc) is 2.82. The summed E-state index contributed by atoms with van der Waals surface area (Å²) < 4.78 is 0. The maximum Gasteiger partial charge on any atom is 0.250 e. The Morgan fingerprint density at radius 1 is 1.50 bits per heavy atom. The zero-order valence-corrected chi connectivity index (χ0v) is 11.0. The number of nitrogens with zero attached hydrogens (tertiary/aromatic N) is 1. The van der Waals surface area contributed by atoms with Crippen LogP contribution in [0.3, 0.4) is 0 Å². The van der Waals surface area contributed by atoms with Crippen LogP contribution in [0.2, 0.25) is 0 Å². The van der Waals surface area contributed by atoms with Crippen molar-refractivity contribution in [2.75, 3.05) is 0 Å². The number of hydrogen-bond donors (Lipinski definition) is 1. The van der Waals surface area contributed by atoms with E-state index in [9.17, 15) is 9.59 Å². The van der Waals surface area contributed by atoms with Crippen molar-refractivity contribution >= 4 is 11.8 Å². The summed E-state index contributed by atoms with van der Waals surface area (Å²) in [5, 5.41) is 2.93. The molecule has 98 valence electrons. The van der Waals surface area contributed by atoms with Crippen molar-refractivity contribution < 1.29 is 9.59 Å². The van der Waals surface area contributed by atoms with E-state index in [0.717, 1.165) is 25.7 Å². The van der Waals surface area contributed by atoms with Crippen molar-refractivity contribution in [3.63, 3.8) is 0 Å². The third kappa shape index (κ3) is 1.78. The van der Waals surface area contributed by atoms with Crippen LogP contribution in [-0.4, -0.2) is 34.3 Å². The first-order valence-corrected chi connectivity index (χ1v) is 6.66. The molecule has 2 amide bonds. The summed E-state index contributed by atoms with van der Waals surface area (Å²) in [5.41, 5.74) is -0.673. The minimum Gasteiger partial charge on any atom is -0.340 e. The molecule has 2 atom stereocenters. The topological polar surface area (TPSA) is 49.4 Å². The number of carbonyl (C=O) groups is 2. The molecule has 1 aliphatic carbocycles. The van der Waals surface area contributed by atoms with Gasteiger partial charge in [0.15, 0.2) is 0 Å². The lowest BCUT2D eigenvalue weighted by Crippen LogP contribution is -2.70. The number of carbonyl (C=O) groups excluding carboxylic acids is 2. The molecule has 2 unspecified atom stereocenters. The second-order valence-corrected chi connectivity index (χ2v) is 5.26. The predicted molar refractivity (Wildman–Crippen MR) is 68.6 cm³/mol. The van der Waals surface area contributed by atoms with Crippen molar-refractivity contribution in [1.29, 1.82) is 0 Å². The Bertz CT molecular complexity index is 405. The van der Waals surface area contributed by atoms with Gasteiger partial charge in [0.2, 0.25) is 11.8 Å². The van der Waals surface area contributed by atoms with E-state index in [1.807, 2.05) is 6.92 Å². The Morgan fingerprint density at radius 2 is 2.11 bits per heavy atom. The molecule has 1 saturated carbocycles. The van der Waals surface area contributed by atoms with Gasteiger partial charge in [-0.15, -0.1) is 6.42 Å². The van der Waals surface area contributed by atoms with E-state index < -0.39 is 11.6 Å². The van der Waals surface area contributed by atoms with Gasteiger partial charge in [0.1, 0.15) is 11.6 Å². The lowest BCUT2D eigenvalue weighted by molar-refractivity contribution is -0.155. The zero-order chi connectivity index (χ0) is 13.3. The summed E-state index contributed by atoms with van der Waals surface area (Å²) in [5.74, 6) is 2.57. The monoisotopic (exact) mass is 248 g/mol. The molecule has 4 heteroatoms. The van der Waals surface area contributed by atoms with Crippen LogP contribution in [-0.2, 0) is 9.59 Å². The highest BCUT2D eigenvalue weighted by Crippen LogP contribution is 2.35. The lowest BCUT2D eigenvalue weighted by Gasteiger charge is -2.45. The normalized spacial score (nSPS) is 28.1. The Morgan fingerprint density at radius 3 is 2.61 bits per heavy atom. The van der Waals surface area contributed by atoms with Gasteiger partial charge >= 0.3 is 0 Å². The summed E-state index contributed by atoms with van der Waals surface area (Å²) in [4.78, 5) is 26.4. The Kier molecular flexibility index (Phi) is 3.34. The van der Waals surface area contributed by atoms with Crippen LogP contribution in [0.15, 0.2) is 0 Å². The van der Waals surface area contributed by atoms with Crippen molar-refractivity contribution in [1.82, 2.24) is 10.2 Å². The minimum absolute atomic E-state index is 0.0110. The van der Waals surface area contributed by atoms with Gasteiger partial charge in [-0.3, -0.25) is 9.59 Å². The maximum absolute atomic E-state index is 12.7. The van der Waals surface area contributed by atoms with Crippen LogP contribution in [0.4, 0.5) is 0 Å². The van der Waals surface area contributed by atoms with Gasteiger partial charge in [-0.25, -0.2) is 0 Å². The third-order valence-corrected chi connectivity index (χ3v) is 4.18. The van der Waals surface area contributed by atoms with Crippen LogP contribution >= 0.6 is 0 Å². The smallest absolute Gasteiger partial charge is 0.250 e. The van der Waals surface area contributed by atoms with E-state index in [4.69, 9.17) is 6.42 Å². The maximum atomic E-state index is 12.7. The fourth-order valence-electron chi connectivity index (χ4n) is 3.07. The largest absolute Gasteiger partial charge is 0.340 e. The Labute approximate surface area is 108 Å². The highest BCUT2D eigenvalue weighted by molar-refractivity contribution is 6.00. The lowest BCUT2D eigenvalue weighted by atomic mass is 9.89. The quantitative estimate of drug-likeness (QED) is 0.743. The van der Waals surface area contributed by atoms with Crippen LogP contribution in [0.25, 0.3) is 0 Å². The first kappa shape index (κ1) is 12.9. The van der Waals surface area contributed by atoms with Crippen LogP contribution in [0, 0.1) is 12.3 Å². The first-order chi connectivity index (χ1) is 8.55. The molecular weight excluding hydrogens is 228 g/mol. The van der Waals surface area contributed by atoms with Gasteiger partial charge in [0, 0.05) is 0 Å². The fourth-order valence-corrected chi connectivity index (χ4v) is 3.07. The molecule has 1 N–H and O–H groups in total. The van der Waals surface area contributed by atoms with Crippen molar-refractivity contribution in [2.24, 2.45) is 0 Å². The molecule has 1 aliphatic heterocycles. The number of nitrogens with one attached hydrogen (secondary N) is 1. The molecule has 0 bridgehead atoms. The van der Waals surface area contributed by atoms with Gasteiger partial charge < -0.3 is 10.2 Å². The van der Waals surface area contributed by atoms with Crippen LogP contribution in [0.1, 0.15) is 46.0 Å². The van der Waals surface area contributed by atoms with Crippen molar-refractivity contribution in [3.05, 3.63) is 0 Å². The zero-order valence-electron chi connectivity index (χ0n) is 11.0. The molecule has 0 radical (unpaired) electrons. The summed E-state index contributed by atoms with van der Waals surface area (Å²) in [6.07, 6.45) is 9.62. The van der Waals surface area contributed by atoms with E-state index in [-0.39, 0.29) is 17.9 Å². The standard InChI is InChI=1S/C14H20N2O2/c1-4-11(5-2)16-10(3)12(17)15-14(13(16)18)8-6-7-9-14/h1,10-11H,5-9H2,2-3H3,(H,15,17).